The fourth-order valence-electron chi connectivity index (χ4n) is 3.16. The quantitative estimate of drug-likeness (QED) is 0.682. The van der Waals surface area contributed by atoms with E-state index in [1.54, 1.807) is 7.11 Å². The number of imidazole rings is 1. The lowest BCUT2D eigenvalue weighted by molar-refractivity contribution is 0.0232. The smallest absolute Gasteiger partial charge is 0.149 e. The second-order valence-electron chi connectivity index (χ2n) is 6.28. The van der Waals surface area contributed by atoms with Crippen molar-refractivity contribution in [2.75, 3.05) is 33.4 Å². The van der Waals surface area contributed by atoms with Crippen LogP contribution in [0.1, 0.15) is 5.82 Å². The minimum Gasteiger partial charge on any atom is -0.497 e. The highest BCUT2D eigenvalue weighted by Gasteiger charge is 2.16. The fourth-order valence-corrected chi connectivity index (χ4v) is 3.16. The Morgan fingerprint density at radius 2 is 1.73 bits per heavy atom. The molecule has 26 heavy (non-hydrogen) atoms. The first-order valence-electron chi connectivity index (χ1n) is 8.84. The molecule has 0 radical (unpaired) electrons. The third kappa shape index (κ3) is 3.66. The molecule has 0 bridgehead atoms. The highest BCUT2D eigenvalue weighted by Crippen LogP contribution is 2.21. The first-order valence-corrected chi connectivity index (χ1v) is 8.84. The van der Waals surface area contributed by atoms with Gasteiger partial charge in [-0.05, 0) is 36.4 Å². The van der Waals surface area contributed by atoms with Crippen LogP contribution in [0.25, 0.3) is 11.0 Å². The van der Waals surface area contributed by atoms with E-state index in [9.17, 15) is 0 Å². The summed E-state index contributed by atoms with van der Waals surface area (Å²) in [5, 5.41) is 0. The standard InChI is InChI=1S/C20H23N3O3/c1-24-16-6-8-17(9-7-16)26-14-20-21-18-4-2-3-5-19(18)23(20)15-22-10-12-25-13-11-22/h2-9H,10-15H2,1H3. The summed E-state index contributed by atoms with van der Waals surface area (Å²) in [6.07, 6.45) is 0. The van der Waals surface area contributed by atoms with Crippen LogP contribution in [0.3, 0.4) is 0 Å². The average molecular weight is 353 g/mol. The van der Waals surface area contributed by atoms with Crippen molar-refractivity contribution in [1.82, 2.24) is 14.5 Å². The van der Waals surface area contributed by atoms with Crippen LogP contribution in [0.5, 0.6) is 11.5 Å². The number of hydrogen-bond acceptors (Lipinski definition) is 5. The predicted molar refractivity (Wildman–Crippen MR) is 99.5 cm³/mol. The maximum Gasteiger partial charge on any atom is 0.149 e. The third-order valence-electron chi connectivity index (χ3n) is 4.61. The SMILES string of the molecule is COc1ccc(OCc2nc3ccccc3n2CN2CCOCC2)cc1. The van der Waals surface area contributed by atoms with Crippen LogP contribution >= 0.6 is 0 Å². The van der Waals surface area contributed by atoms with Crippen molar-refractivity contribution in [3.05, 3.63) is 54.4 Å². The molecule has 4 rings (SSSR count). The number of aromatic nitrogens is 2. The van der Waals surface area contributed by atoms with Gasteiger partial charge in [0.15, 0.2) is 0 Å². The Morgan fingerprint density at radius 1 is 1.00 bits per heavy atom. The molecule has 1 saturated heterocycles. The van der Waals surface area contributed by atoms with Gasteiger partial charge in [-0.3, -0.25) is 4.90 Å². The van der Waals surface area contributed by atoms with Crippen molar-refractivity contribution in [3.63, 3.8) is 0 Å². The molecule has 1 aliphatic heterocycles. The Morgan fingerprint density at radius 3 is 2.50 bits per heavy atom. The van der Waals surface area contributed by atoms with Crippen molar-refractivity contribution in [3.8, 4) is 11.5 Å². The van der Waals surface area contributed by atoms with Gasteiger partial charge in [-0.1, -0.05) is 12.1 Å². The summed E-state index contributed by atoms with van der Waals surface area (Å²) in [5.74, 6) is 2.54. The molecule has 136 valence electrons. The van der Waals surface area contributed by atoms with Gasteiger partial charge in [0.1, 0.15) is 23.9 Å². The topological polar surface area (TPSA) is 48.8 Å². The van der Waals surface area contributed by atoms with Gasteiger partial charge in [0.2, 0.25) is 0 Å². The molecule has 0 unspecified atom stereocenters. The molecule has 3 aromatic rings. The maximum atomic E-state index is 5.97. The summed E-state index contributed by atoms with van der Waals surface area (Å²) in [6.45, 7) is 4.65. The van der Waals surface area contributed by atoms with Crippen LogP contribution in [0, 0.1) is 0 Å². The third-order valence-corrected chi connectivity index (χ3v) is 4.61. The van der Waals surface area contributed by atoms with Crippen molar-refractivity contribution in [2.45, 2.75) is 13.3 Å². The summed E-state index contributed by atoms with van der Waals surface area (Å²) in [5.41, 5.74) is 2.13. The fraction of sp³-hybridized carbons (Fsp3) is 0.350. The van der Waals surface area contributed by atoms with Gasteiger partial charge in [-0.2, -0.15) is 0 Å². The van der Waals surface area contributed by atoms with Crippen LogP contribution in [0.15, 0.2) is 48.5 Å². The minimum absolute atomic E-state index is 0.422. The van der Waals surface area contributed by atoms with E-state index in [4.69, 9.17) is 19.2 Å². The summed E-state index contributed by atoms with van der Waals surface area (Å²) in [6, 6.07) is 15.8. The van der Waals surface area contributed by atoms with Gasteiger partial charge >= 0.3 is 0 Å². The molecule has 2 heterocycles. The molecule has 1 aromatic heterocycles. The second kappa shape index (κ2) is 7.76. The molecule has 0 saturated carbocycles. The van der Waals surface area contributed by atoms with E-state index in [2.05, 4.69) is 15.5 Å². The first kappa shape index (κ1) is 16.9. The molecule has 0 spiro atoms. The molecule has 1 aliphatic rings. The summed E-state index contributed by atoms with van der Waals surface area (Å²) < 4.78 is 18.9. The number of nitrogens with zero attached hydrogens (tertiary/aromatic N) is 3. The summed E-state index contributed by atoms with van der Waals surface area (Å²) in [4.78, 5) is 7.17. The molecule has 0 atom stereocenters. The lowest BCUT2D eigenvalue weighted by Gasteiger charge is -2.27. The zero-order valence-electron chi connectivity index (χ0n) is 14.9. The molecule has 0 amide bonds. The molecule has 6 heteroatoms. The zero-order valence-corrected chi connectivity index (χ0v) is 14.9. The largest absolute Gasteiger partial charge is 0.497 e. The molecule has 6 nitrogen and oxygen atoms in total. The van der Waals surface area contributed by atoms with Gasteiger partial charge in [0, 0.05) is 13.1 Å². The van der Waals surface area contributed by atoms with Gasteiger partial charge in [-0.15, -0.1) is 0 Å². The molecule has 0 N–H and O–H groups in total. The van der Waals surface area contributed by atoms with Crippen LogP contribution in [0.2, 0.25) is 0 Å². The Labute approximate surface area is 152 Å². The Hall–Kier alpha value is -2.57. The lowest BCUT2D eigenvalue weighted by atomic mass is 10.3. The second-order valence-corrected chi connectivity index (χ2v) is 6.28. The predicted octanol–water partition coefficient (Wildman–Crippen LogP) is 2.91. The lowest BCUT2D eigenvalue weighted by Crippen LogP contribution is -2.37. The van der Waals surface area contributed by atoms with E-state index in [0.717, 1.165) is 61.3 Å². The van der Waals surface area contributed by atoms with Gasteiger partial charge in [0.05, 0.1) is 38.0 Å². The van der Waals surface area contributed by atoms with Crippen LogP contribution in [-0.4, -0.2) is 47.9 Å². The van der Waals surface area contributed by atoms with Gasteiger partial charge < -0.3 is 18.8 Å². The number of morpholine rings is 1. The van der Waals surface area contributed by atoms with Gasteiger partial charge in [-0.25, -0.2) is 4.98 Å². The van der Waals surface area contributed by atoms with E-state index in [-0.39, 0.29) is 0 Å². The number of hydrogen-bond donors (Lipinski definition) is 0. The number of fused-ring (bicyclic) bond motifs is 1. The Balaban J connectivity index is 1.55. The van der Waals surface area contributed by atoms with E-state index in [1.165, 1.54) is 0 Å². The van der Waals surface area contributed by atoms with E-state index in [1.807, 2.05) is 42.5 Å². The van der Waals surface area contributed by atoms with Crippen LogP contribution in [0.4, 0.5) is 0 Å². The van der Waals surface area contributed by atoms with E-state index >= 15 is 0 Å². The number of rotatable bonds is 6. The van der Waals surface area contributed by atoms with Crippen molar-refractivity contribution in [1.29, 1.82) is 0 Å². The monoisotopic (exact) mass is 353 g/mol. The van der Waals surface area contributed by atoms with Crippen molar-refractivity contribution >= 4 is 11.0 Å². The Kier molecular flexibility index (Phi) is 5.04. The number of methoxy groups -OCH3 is 1. The normalized spacial score (nSPS) is 15.3. The molecule has 0 aliphatic carbocycles. The van der Waals surface area contributed by atoms with E-state index in [0.29, 0.717) is 6.61 Å². The van der Waals surface area contributed by atoms with Crippen LogP contribution in [-0.2, 0) is 18.0 Å². The first-order chi connectivity index (χ1) is 12.8. The van der Waals surface area contributed by atoms with Crippen LogP contribution < -0.4 is 9.47 Å². The van der Waals surface area contributed by atoms with Crippen molar-refractivity contribution < 1.29 is 14.2 Å². The number of ether oxygens (including phenoxy) is 3. The summed E-state index contributed by atoms with van der Waals surface area (Å²) in [7, 11) is 1.66. The average Bonchev–Trinajstić information content (AvgIpc) is 3.05. The number of benzene rings is 2. The summed E-state index contributed by atoms with van der Waals surface area (Å²) >= 11 is 0. The van der Waals surface area contributed by atoms with Gasteiger partial charge in [0.25, 0.3) is 0 Å². The van der Waals surface area contributed by atoms with Crippen molar-refractivity contribution in [2.24, 2.45) is 0 Å². The molecular formula is C20H23N3O3. The maximum absolute atomic E-state index is 5.97. The molecule has 2 aromatic carbocycles. The molecular weight excluding hydrogens is 330 g/mol. The molecule has 1 fully saturated rings. The van der Waals surface area contributed by atoms with E-state index < -0.39 is 0 Å². The minimum atomic E-state index is 0.422. The Bertz CT molecular complexity index is 854. The zero-order chi connectivity index (χ0) is 17.8. The highest BCUT2D eigenvalue weighted by atomic mass is 16.5. The number of para-hydroxylation sites is 2. The highest BCUT2D eigenvalue weighted by molar-refractivity contribution is 5.75.